The lowest BCUT2D eigenvalue weighted by molar-refractivity contribution is 0.529. The van der Waals surface area contributed by atoms with Crippen molar-refractivity contribution in [3.63, 3.8) is 0 Å². The van der Waals surface area contributed by atoms with E-state index in [9.17, 15) is 0 Å². The first kappa shape index (κ1) is 17.0. The Hall–Kier alpha value is -0.350. The molecule has 0 aliphatic rings. The third-order valence-corrected chi connectivity index (χ3v) is 5.02. The first-order valence-electron chi connectivity index (χ1n) is 7.03. The van der Waals surface area contributed by atoms with Crippen LogP contribution in [0.25, 0.3) is 0 Å². The minimum Gasteiger partial charge on any atom is -0.310 e. The van der Waals surface area contributed by atoms with Crippen LogP contribution in [0.15, 0.2) is 51.4 Å². The summed E-state index contributed by atoms with van der Waals surface area (Å²) < 4.78 is 2.06. The number of hydrogen-bond acceptors (Lipinski definition) is 1. The summed E-state index contributed by atoms with van der Waals surface area (Å²) in [6.45, 7) is 3.18. The van der Waals surface area contributed by atoms with Crippen LogP contribution in [0.5, 0.6) is 0 Å². The molecule has 0 radical (unpaired) electrons. The minimum absolute atomic E-state index is 0.285. The molecular weight excluding hydrogens is 413 g/mol. The predicted octanol–water partition coefficient (Wildman–Crippen LogP) is 6.15. The Morgan fingerprint density at radius 2 is 1.95 bits per heavy atom. The van der Waals surface area contributed by atoms with Crippen LogP contribution in [0.4, 0.5) is 0 Å². The van der Waals surface area contributed by atoms with Gasteiger partial charge in [0.05, 0.1) is 5.02 Å². The average molecular weight is 432 g/mol. The van der Waals surface area contributed by atoms with E-state index in [-0.39, 0.29) is 6.04 Å². The molecule has 0 saturated carbocycles. The molecule has 0 fully saturated rings. The van der Waals surface area contributed by atoms with Gasteiger partial charge in [-0.25, -0.2) is 0 Å². The van der Waals surface area contributed by atoms with Gasteiger partial charge in [0.1, 0.15) is 0 Å². The van der Waals surface area contributed by atoms with Gasteiger partial charge in [-0.15, -0.1) is 0 Å². The summed E-state index contributed by atoms with van der Waals surface area (Å²) in [7, 11) is 0. The Bertz CT molecular complexity index is 601. The van der Waals surface area contributed by atoms with Gasteiger partial charge in [-0.3, -0.25) is 0 Å². The molecule has 112 valence electrons. The quantitative estimate of drug-likeness (QED) is 0.579. The molecule has 0 aromatic heterocycles. The van der Waals surface area contributed by atoms with Crippen LogP contribution in [0, 0.1) is 0 Å². The van der Waals surface area contributed by atoms with Crippen molar-refractivity contribution < 1.29 is 0 Å². The molecule has 0 spiro atoms. The van der Waals surface area contributed by atoms with Gasteiger partial charge in [-0.2, -0.15) is 0 Å². The zero-order valence-electron chi connectivity index (χ0n) is 11.9. The van der Waals surface area contributed by atoms with Gasteiger partial charge in [0.2, 0.25) is 0 Å². The topological polar surface area (TPSA) is 12.0 Å². The fraction of sp³-hybridized carbons (Fsp3) is 0.294. The van der Waals surface area contributed by atoms with E-state index in [0.717, 1.165) is 33.4 Å². The monoisotopic (exact) mass is 429 g/mol. The lowest BCUT2D eigenvalue weighted by Crippen LogP contribution is -2.24. The molecule has 0 aliphatic carbocycles. The van der Waals surface area contributed by atoms with Crippen molar-refractivity contribution in [3.05, 3.63) is 67.6 Å². The highest BCUT2D eigenvalue weighted by Gasteiger charge is 2.13. The van der Waals surface area contributed by atoms with E-state index in [1.54, 1.807) is 0 Å². The zero-order chi connectivity index (χ0) is 15.2. The molecule has 2 rings (SSSR count). The van der Waals surface area contributed by atoms with Gasteiger partial charge >= 0.3 is 0 Å². The average Bonchev–Trinajstić information content (AvgIpc) is 2.46. The molecule has 0 saturated heterocycles. The second kappa shape index (κ2) is 8.33. The SMILES string of the molecule is CCCNC(Cc1cccc(Br)c1)c1ccc(Cl)c(Br)c1. The molecule has 2 aromatic rings. The van der Waals surface area contributed by atoms with Crippen molar-refractivity contribution in [1.82, 2.24) is 5.32 Å². The van der Waals surface area contributed by atoms with Crippen LogP contribution in [-0.2, 0) is 6.42 Å². The van der Waals surface area contributed by atoms with Crippen LogP contribution < -0.4 is 5.32 Å². The standard InChI is InChI=1S/C17H18Br2ClN/c1-2-8-21-17(10-12-4-3-5-14(18)9-12)13-6-7-16(20)15(19)11-13/h3-7,9,11,17,21H,2,8,10H2,1H3. The van der Waals surface area contributed by atoms with E-state index >= 15 is 0 Å². The number of rotatable bonds is 6. The summed E-state index contributed by atoms with van der Waals surface area (Å²) in [6.07, 6.45) is 2.07. The van der Waals surface area contributed by atoms with Crippen molar-refractivity contribution in [3.8, 4) is 0 Å². The van der Waals surface area contributed by atoms with Gasteiger partial charge < -0.3 is 5.32 Å². The molecule has 0 bridgehead atoms. The number of hydrogen-bond donors (Lipinski definition) is 1. The lowest BCUT2D eigenvalue weighted by atomic mass is 9.99. The Morgan fingerprint density at radius 3 is 2.62 bits per heavy atom. The van der Waals surface area contributed by atoms with Crippen LogP contribution in [0.2, 0.25) is 5.02 Å². The molecule has 0 aliphatic heterocycles. The van der Waals surface area contributed by atoms with Crippen LogP contribution >= 0.6 is 43.5 Å². The smallest absolute Gasteiger partial charge is 0.0548 e. The summed E-state index contributed by atoms with van der Waals surface area (Å²) in [4.78, 5) is 0. The maximum Gasteiger partial charge on any atom is 0.0548 e. The van der Waals surface area contributed by atoms with Gasteiger partial charge in [0.15, 0.2) is 0 Å². The molecule has 4 heteroatoms. The molecular formula is C17H18Br2ClN. The predicted molar refractivity (Wildman–Crippen MR) is 98.0 cm³/mol. The number of benzene rings is 2. The van der Waals surface area contributed by atoms with Crippen molar-refractivity contribution in [1.29, 1.82) is 0 Å². The Morgan fingerprint density at radius 1 is 1.14 bits per heavy atom. The third kappa shape index (κ3) is 5.10. The summed E-state index contributed by atoms with van der Waals surface area (Å²) in [6, 6.07) is 14.9. The molecule has 2 aromatic carbocycles. The van der Waals surface area contributed by atoms with E-state index < -0.39 is 0 Å². The lowest BCUT2D eigenvalue weighted by Gasteiger charge is -2.20. The summed E-state index contributed by atoms with van der Waals surface area (Å²) in [5.74, 6) is 0. The van der Waals surface area contributed by atoms with Gasteiger partial charge in [0, 0.05) is 15.0 Å². The van der Waals surface area contributed by atoms with E-state index in [2.05, 4.69) is 80.5 Å². The highest BCUT2D eigenvalue weighted by Crippen LogP contribution is 2.28. The van der Waals surface area contributed by atoms with Gasteiger partial charge in [0.25, 0.3) is 0 Å². The molecule has 0 amide bonds. The minimum atomic E-state index is 0.285. The Labute approximate surface area is 148 Å². The molecule has 1 atom stereocenters. The van der Waals surface area contributed by atoms with E-state index in [1.807, 2.05) is 6.07 Å². The number of halogens is 3. The van der Waals surface area contributed by atoms with Crippen molar-refractivity contribution in [2.24, 2.45) is 0 Å². The fourth-order valence-electron chi connectivity index (χ4n) is 2.26. The third-order valence-electron chi connectivity index (χ3n) is 3.32. The van der Waals surface area contributed by atoms with Crippen LogP contribution in [-0.4, -0.2) is 6.54 Å². The molecule has 1 nitrogen and oxygen atoms in total. The van der Waals surface area contributed by atoms with Crippen molar-refractivity contribution >= 4 is 43.5 Å². The highest BCUT2D eigenvalue weighted by molar-refractivity contribution is 9.10. The normalized spacial score (nSPS) is 12.4. The fourth-order valence-corrected chi connectivity index (χ4v) is 3.22. The summed E-state index contributed by atoms with van der Waals surface area (Å²) in [5.41, 5.74) is 2.56. The molecule has 1 N–H and O–H groups in total. The highest BCUT2D eigenvalue weighted by atomic mass is 79.9. The molecule has 1 unspecified atom stereocenters. The Balaban J connectivity index is 2.22. The van der Waals surface area contributed by atoms with Crippen LogP contribution in [0.3, 0.4) is 0 Å². The maximum absolute atomic E-state index is 6.10. The van der Waals surface area contributed by atoms with E-state index in [0.29, 0.717) is 0 Å². The molecule has 21 heavy (non-hydrogen) atoms. The van der Waals surface area contributed by atoms with Gasteiger partial charge in [-0.1, -0.05) is 52.7 Å². The maximum atomic E-state index is 6.10. The number of nitrogens with one attached hydrogen (secondary N) is 1. The van der Waals surface area contributed by atoms with E-state index in [4.69, 9.17) is 11.6 Å². The first-order valence-corrected chi connectivity index (χ1v) is 8.99. The zero-order valence-corrected chi connectivity index (χ0v) is 15.8. The second-order valence-corrected chi connectivity index (χ2v) is 7.19. The first-order chi connectivity index (χ1) is 10.1. The largest absolute Gasteiger partial charge is 0.310 e. The van der Waals surface area contributed by atoms with Crippen LogP contribution in [0.1, 0.15) is 30.5 Å². The Kier molecular flexibility index (Phi) is 6.74. The van der Waals surface area contributed by atoms with E-state index in [1.165, 1.54) is 11.1 Å². The van der Waals surface area contributed by atoms with Gasteiger partial charge in [-0.05, 0) is 70.7 Å². The summed E-state index contributed by atoms with van der Waals surface area (Å²) >= 11 is 13.1. The molecule has 0 heterocycles. The second-order valence-electron chi connectivity index (χ2n) is 5.01. The van der Waals surface area contributed by atoms with Crippen molar-refractivity contribution in [2.75, 3.05) is 6.54 Å². The van der Waals surface area contributed by atoms with Crippen molar-refractivity contribution in [2.45, 2.75) is 25.8 Å². The summed E-state index contributed by atoms with van der Waals surface area (Å²) in [5, 5.41) is 4.37.